The van der Waals surface area contributed by atoms with Gasteiger partial charge in [0.25, 0.3) is 0 Å². The van der Waals surface area contributed by atoms with E-state index in [-0.39, 0.29) is 5.97 Å². The normalized spacial score (nSPS) is 13.6. The lowest BCUT2D eigenvalue weighted by atomic mass is 10.1. The van der Waals surface area contributed by atoms with Crippen LogP contribution in [0.5, 0.6) is 0 Å². The van der Waals surface area contributed by atoms with Crippen molar-refractivity contribution in [1.82, 2.24) is 0 Å². The minimum atomic E-state index is -0.131. The number of methoxy groups -OCH3 is 1. The Morgan fingerprint density at radius 2 is 2.19 bits per heavy atom. The molecule has 1 aliphatic carbocycles. The van der Waals surface area contributed by atoms with E-state index in [1.165, 1.54) is 42.4 Å². The maximum absolute atomic E-state index is 11.0. The van der Waals surface area contributed by atoms with Crippen LogP contribution in [0, 0.1) is 0 Å². The van der Waals surface area contributed by atoms with Gasteiger partial charge in [-0.2, -0.15) is 0 Å². The molecule has 86 valence electrons. The van der Waals surface area contributed by atoms with E-state index >= 15 is 0 Å². The van der Waals surface area contributed by atoms with Crippen LogP contribution in [0.3, 0.4) is 0 Å². The number of ether oxygens (including phenoxy) is 1. The van der Waals surface area contributed by atoms with E-state index in [0.717, 1.165) is 5.75 Å². The molecule has 2 nitrogen and oxygen atoms in total. The van der Waals surface area contributed by atoms with Crippen LogP contribution in [0.25, 0.3) is 0 Å². The third-order valence-electron chi connectivity index (χ3n) is 2.87. The van der Waals surface area contributed by atoms with E-state index < -0.39 is 0 Å². The van der Waals surface area contributed by atoms with E-state index in [2.05, 4.69) is 22.9 Å². The molecule has 0 aliphatic heterocycles. The van der Waals surface area contributed by atoms with Crippen molar-refractivity contribution in [2.45, 2.75) is 30.6 Å². The predicted octanol–water partition coefficient (Wildman–Crippen LogP) is 2.83. The molecule has 0 radical (unpaired) electrons. The van der Waals surface area contributed by atoms with E-state index in [1.807, 2.05) is 0 Å². The molecule has 0 aromatic heterocycles. The fraction of sp³-hybridized carbons (Fsp3) is 0.462. The molecule has 0 N–H and O–H groups in total. The van der Waals surface area contributed by atoms with Gasteiger partial charge in [-0.05, 0) is 42.5 Å². The summed E-state index contributed by atoms with van der Waals surface area (Å²) >= 11 is 1.73. The predicted molar refractivity (Wildman–Crippen MR) is 65.8 cm³/mol. The summed E-state index contributed by atoms with van der Waals surface area (Å²) in [6, 6.07) is 6.65. The van der Waals surface area contributed by atoms with Crippen molar-refractivity contribution in [3.05, 3.63) is 29.3 Å². The first-order valence-corrected chi connectivity index (χ1v) is 6.59. The maximum atomic E-state index is 11.0. The highest BCUT2D eigenvalue weighted by Crippen LogP contribution is 2.27. The molecule has 0 atom stereocenters. The van der Waals surface area contributed by atoms with Gasteiger partial charge >= 0.3 is 5.97 Å². The van der Waals surface area contributed by atoms with Gasteiger partial charge < -0.3 is 4.74 Å². The fourth-order valence-electron chi connectivity index (χ4n) is 1.99. The molecule has 0 saturated heterocycles. The third-order valence-corrected chi connectivity index (χ3v) is 3.87. The zero-order valence-electron chi connectivity index (χ0n) is 9.49. The zero-order chi connectivity index (χ0) is 11.4. The highest BCUT2D eigenvalue weighted by atomic mass is 32.2. The Morgan fingerprint density at radius 1 is 1.38 bits per heavy atom. The summed E-state index contributed by atoms with van der Waals surface area (Å²) in [5, 5.41) is 0. The molecule has 3 heteroatoms. The van der Waals surface area contributed by atoms with Gasteiger partial charge in [-0.1, -0.05) is 6.07 Å². The molecule has 0 bridgehead atoms. The quantitative estimate of drug-likeness (QED) is 0.594. The van der Waals surface area contributed by atoms with Crippen molar-refractivity contribution in [1.29, 1.82) is 0 Å². The minimum absolute atomic E-state index is 0.131. The molecule has 0 heterocycles. The first-order valence-electron chi connectivity index (χ1n) is 5.61. The molecule has 0 fully saturated rings. The average Bonchev–Trinajstić information content (AvgIpc) is 2.76. The Kier molecular flexibility index (Phi) is 3.88. The highest BCUT2D eigenvalue weighted by molar-refractivity contribution is 7.99. The fourth-order valence-corrected chi connectivity index (χ4v) is 2.89. The molecule has 16 heavy (non-hydrogen) atoms. The molecule has 0 unspecified atom stereocenters. The first kappa shape index (κ1) is 11.5. The van der Waals surface area contributed by atoms with Gasteiger partial charge in [-0.3, -0.25) is 4.79 Å². The van der Waals surface area contributed by atoms with Crippen molar-refractivity contribution in [2.24, 2.45) is 0 Å². The second-order valence-electron chi connectivity index (χ2n) is 3.96. The van der Waals surface area contributed by atoms with Crippen molar-refractivity contribution >= 4 is 17.7 Å². The summed E-state index contributed by atoms with van der Waals surface area (Å²) in [5.41, 5.74) is 2.99. The minimum Gasteiger partial charge on any atom is -0.469 e. The third kappa shape index (κ3) is 2.79. The second kappa shape index (κ2) is 5.39. The monoisotopic (exact) mass is 236 g/mol. The van der Waals surface area contributed by atoms with Crippen molar-refractivity contribution in [3.8, 4) is 0 Å². The van der Waals surface area contributed by atoms with Gasteiger partial charge in [0.1, 0.15) is 0 Å². The van der Waals surface area contributed by atoms with Crippen LogP contribution in [-0.4, -0.2) is 18.8 Å². The summed E-state index contributed by atoms with van der Waals surface area (Å²) in [5.74, 6) is 0.666. The van der Waals surface area contributed by atoms with Gasteiger partial charge in [-0.25, -0.2) is 0 Å². The number of benzene rings is 1. The van der Waals surface area contributed by atoms with E-state index in [4.69, 9.17) is 0 Å². The lowest BCUT2D eigenvalue weighted by Gasteiger charge is -2.04. The zero-order valence-corrected chi connectivity index (χ0v) is 10.3. The van der Waals surface area contributed by atoms with Crippen LogP contribution in [0.1, 0.15) is 24.0 Å². The van der Waals surface area contributed by atoms with Crippen LogP contribution in [0.2, 0.25) is 0 Å². The first-order chi connectivity index (χ1) is 7.79. The second-order valence-corrected chi connectivity index (χ2v) is 5.13. The summed E-state index contributed by atoms with van der Waals surface area (Å²) in [7, 11) is 1.43. The Bertz CT molecular complexity index is 388. The van der Waals surface area contributed by atoms with E-state index in [9.17, 15) is 4.79 Å². The number of hydrogen-bond donors (Lipinski definition) is 0. The lowest BCUT2D eigenvalue weighted by Crippen LogP contribution is -2.00. The molecule has 1 aliphatic rings. The maximum Gasteiger partial charge on any atom is 0.306 e. The molecular formula is C13H16O2S. The SMILES string of the molecule is COC(=O)CCSc1ccc2c(c1)CCC2. The largest absolute Gasteiger partial charge is 0.469 e. The van der Waals surface area contributed by atoms with Crippen LogP contribution in [0.4, 0.5) is 0 Å². The van der Waals surface area contributed by atoms with E-state index in [1.54, 1.807) is 11.8 Å². The lowest BCUT2D eigenvalue weighted by molar-refractivity contribution is -0.140. The van der Waals surface area contributed by atoms with Crippen LogP contribution in [0.15, 0.2) is 23.1 Å². The van der Waals surface area contributed by atoms with Crippen molar-refractivity contribution in [2.75, 3.05) is 12.9 Å². The van der Waals surface area contributed by atoms with Gasteiger partial charge in [0.05, 0.1) is 13.5 Å². The standard InChI is InChI=1S/C13H16O2S/c1-15-13(14)7-8-16-12-6-5-10-3-2-4-11(10)9-12/h5-6,9H,2-4,7-8H2,1H3. The van der Waals surface area contributed by atoms with Crippen molar-refractivity contribution < 1.29 is 9.53 Å². The summed E-state index contributed by atoms with van der Waals surface area (Å²) in [4.78, 5) is 12.2. The number of aryl methyl sites for hydroxylation is 2. The Labute approximate surface area is 100 Å². The number of thioether (sulfide) groups is 1. The van der Waals surface area contributed by atoms with Gasteiger partial charge in [0, 0.05) is 10.6 Å². The molecule has 0 amide bonds. The molecule has 0 saturated carbocycles. The summed E-state index contributed by atoms with van der Waals surface area (Å²) < 4.78 is 4.61. The summed E-state index contributed by atoms with van der Waals surface area (Å²) in [6.07, 6.45) is 4.20. The molecule has 1 aromatic rings. The number of carbonyl (C=O) groups is 1. The molecule has 1 aromatic carbocycles. The number of rotatable bonds is 4. The summed E-state index contributed by atoms with van der Waals surface area (Å²) in [6.45, 7) is 0. The number of esters is 1. The van der Waals surface area contributed by atoms with Crippen LogP contribution in [-0.2, 0) is 22.4 Å². The average molecular weight is 236 g/mol. The van der Waals surface area contributed by atoms with Gasteiger partial charge in [0.15, 0.2) is 0 Å². The van der Waals surface area contributed by atoms with Gasteiger partial charge in [0.2, 0.25) is 0 Å². The van der Waals surface area contributed by atoms with Crippen LogP contribution < -0.4 is 0 Å². The van der Waals surface area contributed by atoms with Gasteiger partial charge in [-0.15, -0.1) is 11.8 Å². The number of carbonyl (C=O) groups excluding carboxylic acids is 1. The Morgan fingerprint density at radius 3 is 3.00 bits per heavy atom. The molecule has 0 spiro atoms. The van der Waals surface area contributed by atoms with Crippen molar-refractivity contribution in [3.63, 3.8) is 0 Å². The molecule has 2 rings (SSSR count). The van der Waals surface area contributed by atoms with Crippen LogP contribution >= 0.6 is 11.8 Å². The number of hydrogen-bond acceptors (Lipinski definition) is 3. The van der Waals surface area contributed by atoms with E-state index in [0.29, 0.717) is 6.42 Å². The Hall–Kier alpha value is -0.960. The Balaban J connectivity index is 1.88. The molecular weight excluding hydrogens is 220 g/mol. The smallest absolute Gasteiger partial charge is 0.306 e. The highest BCUT2D eigenvalue weighted by Gasteiger charge is 2.11. The topological polar surface area (TPSA) is 26.3 Å². The number of fused-ring (bicyclic) bond motifs is 1.